The molecule has 0 bridgehead atoms. The Hall–Kier alpha value is -4.42. The van der Waals surface area contributed by atoms with Crippen molar-refractivity contribution >= 4 is 43.1 Å². The van der Waals surface area contributed by atoms with Gasteiger partial charge in [-0.2, -0.15) is 0 Å². The summed E-state index contributed by atoms with van der Waals surface area (Å²) in [5.74, 6) is 0. The molecule has 0 unspecified atom stereocenters. The first-order valence-corrected chi connectivity index (χ1v) is 15.1. The Labute approximate surface area is 249 Å². The zero-order chi connectivity index (χ0) is 29.2. The van der Waals surface area contributed by atoms with E-state index in [4.69, 9.17) is 0 Å². The molecule has 0 aliphatic heterocycles. The summed E-state index contributed by atoms with van der Waals surface area (Å²) in [5.41, 5.74) is 8.08. The van der Waals surface area contributed by atoms with E-state index in [1.165, 1.54) is 76.5 Å². The third-order valence-corrected chi connectivity index (χ3v) is 8.87. The summed E-state index contributed by atoms with van der Waals surface area (Å²) < 4.78 is 0. The highest BCUT2D eigenvalue weighted by molar-refractivity contribution is 6.02. The normalized spacial score (nSPS) is 12.5. The van der Waals surface area contributed by atoms with Crippen molar-refractivity contribution in [3.63, 3.8) is 0 Å². The molecule has 0 spiro atoms. The fourth-order valence-electron chi connectivity index (χ4n) is 6.14. The van der Waals surface area contributed by atoms with Gasteiger partial charge in [-0.05, 0) is 124 Å². The van der Waals surface area contributed by atoms with Gasteiger partial charge < -0.3 is 0 Å². The number of fused-ring (bicyclic) bond motifs is 4. The molecule has 206 valence electrons. The van der Waals surface area contributed by atoms with Crippen LogP contribution >= 0.6 is 0 Å². The Morgan fingerprint density at radius 2 is 0.524 bits per heavy atom. The van der Waals surface area contributed by atoms with Crippen LogP contribution in [0.4, 0.5) is 0 Å². The van der Waals surface area contributed by atoms with Crippen molar-refractivity contribution in [3.05, 3.63) is 132 Å². The second-order valence-electron chi connectivity index (χ2n) is 14.0. The Kier molecular flexibility index (Phi) is 6.03. The smallest absolute Gasteiger partial charge is 0.0132 e. The molecule has 0 amide bonds. The van der Waals surface area contributed by atoms with Crippen LogP contribution in [0.3, 0.4) is 0 Å². The van der Waals surface area contributed by atoms with E-state index in [2.05, 4.69) is 163 Å². The topological polar surface area (TPSA) is 0 Å². The Morgan fingerprint density at radius 1 is 0.262 bits per heavy atom. The molecule has 0 heterocycles. The SMILES string of the molecule is CC(C)(C)c1ccc2cc(-c3ccc4cc5cc(-c6ccc7cc(C(C)(C)C)ccc7c6)ccc5cc4c3)ccc2c1. The average Bonchev–Trinajstić information content (AvgIpc) is 2.97. The molecule has 0 aliphatic carbocycles. The molecule has 0 aliphatic rings. The molecule has 0 saturated heterocycles. The maximum atomic E-state index is 2.34. The molecule has 0 fully saturated rings. The largest absolute Gasteiger partial charge is 0.0579 e. The predicted octanol–water partition coefficient (Wildman–Crippen LogP) is 12.2. The second kappa shape index (κ2) is 9.57. The van der Waals surface area contributed by atoms with E-state index in [-0.39, 0.29) is 10.8 Å². The maximum Gasteiger partial charge on any atom is -0.0132 e. The lowest BCUT2D eigenvalue weighted by atomic mass is 9.85. The fourth-order valence-corrected chi connectivity index (χ4v) is 6.14. The van der Waals surface area contributed by atoms with Crippen LogP contribution in [-0.2, 0) is 10.8 Å². The minimum Gasteiger partial charge on any atom is -0.0579 e. The summed E-state index contributed by atoms with van der Waals surface area (Å²) in [6, 6.07) is 45.9. The van der Waals surface area contributed by atoms with Gasteiger partial charge in [0.1, 0.15) is 0 Å². The summed E-state index contributed by atoms with van der Waals surface area (Å²) in [5, 5.41) is 10.3. The lowest BCUT2D eigenvalue weighted by Crippen LogP contribution is -2.10. The van der Waals surface area contributed by atoms with Gasteiger partial charge in [-0.25, -0.2) is 0 Å². The van der Waals surface area contributed by atoms with Gasteiger partial charge in [-0.1, -0.05) is 126 Å². The van der Waals surface area contributed by atoms with Gasteiger partial charge in [0.05, 0.1) is 0 Å². The summed E-state index contributed by atoms with van der Waals surface area (Å²) in [6.45, 7) is 13.6. The molecule has 0 radical (unpaired) electrons. The van der Waals surface area contributed by atoms with E-state index in [9.17, 15) is 0 Å². The summed E-state index contributed by atoms with van der Waals surface area (Å²) >= 11 is 0. The summed E-state index contributed by atoms with van der Waals surface area (Å²) in [7, 11) is 0. The van der Waals surface area contributed by atoms with Crippen LogP contribution in [0.15, 0.2) is 121 Å². The monoisotopic (exact) mass is 542 g/mol. The molecule has 0 aromatic heterocycles. The third-order valence-electron chi connectivity index (χ3n) is 8.87. The molecular formula is C42H38. The number of rotatable bonds is 2. The maximum absolute atomic E-state index is 2.34. The number of benzene rings is 7. The van der Waals surface area contributed by atoms with Crippen LogP contribution in [0.5, 0.6) is 0 Å². The van der Waals surface area contributed by atoms with Crippen molar-refractivity contribution < 1.29 is 0 Å². The van der Waals surface area contributed by atoms with Gasteiger partial charge in [0, 0.05) is 0 Å². The first-order valence-electron chi connectivity index (χ1n) is 15.1. The van der Waals surface area contributed by atoms with E-state index in [1.54, 1.807) is 0 Å². The van der Waals surface area contributed by atoms with Crippen LogP contribution in [0.2, 0.25) is 0 Å². The minimum atomic E-state index is 0.153. The van der Waals surface area contributed by atoms with Crippen LogP contribution in [-0.4, -0.2) is 0 Å². The molecule has 0 saturated carbocycles. The van der Waals surface area contributed by atoms with Crippen molar-refractivity contribution in [1.29, 1.82) is 0 Å². The van der Waals surface area contributed by atoms with Gasteiger partial charge in [0.25, 0.3) is 0 Å². The minimum absolute atomic E-state index is 0.153. The average molecular weight is 543 g/mol. The van der Waals surface area contributed by atoms with Crippen LogP contribution < -0.4 is 0 Å². The quantitative estimate of drug-likeness (QED) is 0.191. The molecule has 7 aromatic carbocycles. The van der Waals surface area contributed by atoms with Crippen molar-refractivity contribution in [2.45, 2.75) is 52.4 Å². The first-order chi connectivity index (χ1) is 20.0. The highest BCUT2D eigenvalue weighted by Crippen LogP contribution is 2.34. The van der Waals surface area contributed by atoms with E-state index in [1.807, 2.05) is 0 Å². The van der Waals surface area contributed by atoms with Crippen molar-refractivity contribution in [2.75, 3.05) is 0 Å². The van der Waals surface area contributed by atoms with E-state index in [0.29, 0.717) is 0 Å². The zero-order valence-electron chi connectivity index (χ0n) is 25.5. The van der Waals surface area contributed by atoms with Gasteiger partial charge in [-0.3, -0.25) is 0 Å². The Balaban J connectivity index is 1.23. The zero-order valence-corrected chi connectivity index (χ0v) is 25.5. The van der Waals surface area contributed by atoms with Crippen molar-refractivity contribution in [3.8, 4) is 22.3 Å². The molecule has 0 heteroatoms. The number of hydrogen-bond acceptors (Lipinski definition) is 0. The summed E-state index contributed by atoms with van der Waals surface area (Å²) in [4.78, 5) is 0. The van der Waals surface area contributed by atoms with E-state index in [0.717, 1.165) is 0 Å². The van der Waals surface area contributed by atoms with Gasteiger partial charge in [0.2, 0.25) is 0 Å². The fraction of sp³-hybridized carbons (Fsp3) is 0.190. The lowest BCUT2D eigenvalue weighted by Gasteiger charge is -2.19. The third kappa shape index (κ3) is 4.86. The molecule has 7 rings (SSSR count). The molecular weight excluding hydrogens is 504 g/mol. The highest BCUT2D eigenvalue weighted by atomic mass is 14.2. The second-order valence-corrected chi connectivity index (χ2v) is 14.0. The lowest BCUT2D eigenvalue weighted by molar-refractivity contribution is 0.591. The first kappa shape index (κ1) is 26.5. The molecule has 7 aromatic rings. The van der Waals surface area contributed by atoms with E-state index >= 15 is 0 Å². The van der Waals surface area contributed by atoms with E-state index < -0.39 is 0 Å². The van der Waals surface area contributed by atoms with Crippen LogP contribution in [0.25, 0.3) is 65.3 Å². The molecule has 0 nitrogen and oxygen atoms in total. The molecule has 0 N–H and O–H groups in total. The van der Waals surface area contributed by atoms with Gasteiger partial charge in [-0.15, -0.1) is 0 Å². The number of hydrogen-bond donors (Lipinski definition) is 0. The van der Waals surface area contributed by atoms with Crippen molar-refractivity contribution in [2.24, 2.45) is 0 Å². The summed E-state index contributed by atoms with van der Waals surface area (Å²) in [6.07, 6.45) is 0. The van der Waals surface area contributed by atoms with Crippen LogP contribution in [0, 0.1) is 0 Å². The van der Waals surface area contributed by atoms with Crippen LogP contribution in [0.1, 0.15) is 52.7 Å². The van der Waals surface area contributed by atoms with Crippen molar-refractivity contribution in [1.82, 2.24) is 0 Å². The van der Waals surface area contributed by atoms with Gasteiger partial charge >= 0.3 is 0 Å². The Bertz CT molecular complexity index is 1990. The standard InChI is InChI=1S/C42H38/c1-41(2,3)39-17-15-31-19-27(9-13-35(31)25-39)29-7-11-33-24-38-22-30(8-12-34(38)23-37(33)21-29)28-10-14-36-26-40(42(4,5)6)18-16-32(36)20-28/h7-26H,1-6H3. The Morgan fingerprint density at radius 3 is 0.857 bits per heavy atom. The molecule has 0 atom stereocenters. The van der Waals surface area contributed by atoms with Gasteiger partial charge in [0.15, 0.2) is 0 Å². The highest BCUT2D eigenvalue weighted by Gasteiger charge is 2.15. The molecule has 42 heavy (non-hydrogen) atoms. The predicted molar refractivity (Wildman–Crippen MR) is 185 cm³/mol.